The predicted octanol–water partition coefficient (Wildman–Crippen LogP) is 4.64. The topological polar surface area (TPSA) is 25.8 Å². The molecular formula is C14H12Cl2N2. The van der Waals surface area contributed by atoms with E-state index in [2.05, 4.69) is 9.97 Å². The van der Waals surface area contributed by atoms with E-state index in [-0.39, 0.29) is 0 Å². The van der Waals surface area contributed by atoms with Crippen LogP contribution in [0, 0.1) is 6.92 Å². The fraction of sp³-hybridized carbons (Fsp3) is 0.286. The van der Waals surface area contributed by atoms with Crippen LogP contribution in [0.4, 0.5) is 0 Å². The highest BCUT2D eigenvalue weighted by molar-refractivity contribution is 6.37. The van der Waals surface area contributed by atoms with E-state index in [1.165, 1.54) is 0 Å². The van der Waals surface area contributed by atoms with E-state index in [1.807, 2.05) is 31.2 Å². The first kappa shape index (κ1) is 11.9. The van der Waals surface area contributed by atoms with Crippen molar-refractivity contribution in [2.24, 2.45) is 0 Å². The third kappa shape index (κ3) is 2.23. The molecule has 1 aromatic heterocycles. The minimum absolute atomic E-state index is 0.447. The van der Waals surface area contributed by atoms with E-state index < -0.39 is 0 Å². The molecule has 0 N–H and O–H groups in total. The summed E-state index contributed by atoms with van der Waals surface area (Å²) in [5, 5.41) is 0.894. The molecule has 18 heavy (non-hydrogen) atoms. The first-order valence-corrected chi connectivity index (χ1v) is 6.70. The zero-order valence-corrected chi connectivity index (χ0v) is 11.5. The molecule has 0 spiro atoms. The smallest absolute Gasteiger partial charge is 0.142 e. The van der Waals surface area contributed by atoms with Crippen LogP contribution >= 0.6 is 23.2 Å². The summed E-state index contributed by atoms with van der Waals surface area (Å²) in [7, 11) is 0. The van der Waals surface area contributed by atoms with Gasteiger partial charge in [0.25, 0.3) is 0 Å². The minimum Gasteiger partial charge on any atom is -0.220 e. The average Bonchev–Trinajstić information content (AvgIpc) is 3.11. The number of hydrogen-bond donors (Lipinski definition) is 0. The van der Waals surface area contributed by atoms with Crippen molar-refractivity contribution in [3.63, 3.8) is 0 Å². The highest BCUT2D eigenvalue weighted by atomic mass is 35.5. The minimum atomic E-state index is 0.447. The number of aromatic nitrogens is 2. The lowest BCUT2D eigenvalue weighted by Crippen LogP contribution is -1.97. The molecule has 1 heterocycles. The Morgan fingerprint density at radius 1 is 1.11 bits per heavy atom. The van der Waals surface area contributed by atoms with E-state index in [1.54, 1.807) is 0 Å². The summed E-state index contributed by atoms with van der Waals surface area (Å²) < 4.78 is 0. The molecule has 0 unspecified atom stereocenters. The van der Waals surface area contributed by atoms with Gasteiger partial charge >= 0.3 is 0 Å². The zero-order chi connectivity index (χ0) is 12.7. The van der Waals surface area contributed by atoms with Crippen molar-refractivity contribution in [1.82, 2.24) is 9.97 Å². The van der Waals surface area contributed by atoms with Gasteiger partial charge in [-0.15, -0.1) is 0 Å². The highest BCUT2D eigenvalue weighted by Gasteiger charge is 2.28. The van der Waals surface area contributed by atoms with E-state index >= 15 is 0 Å². The number of hydrogen-bond acceptors (Lipinski definition) is 2. The van der Waals surface area contributed by atoms with Crippen molar-refractivity contribution < 1.29 is 0 Å². The first-order chi connectivity index (χ1) is 8.65. The maximum absolute atomic E-state index is 6.26. The van der Waals surface area contributed by atoms with Crippen molar-refractivity contribution in [3.05, 3.63) is 46.0 Å². The molecule has 2 aromatic rings. The Hall–Kier alpha value is -1.12. The molecule has 3 rings (SSSR count). The number of nitrogens with zero attached hydrogens (tertiary/aromatic N) is 2. The lowest BCUT2D eigenvalue weighted by Gasteiger charge is -2.08. The van der Waals surface area contributed by atoms with Crippen LogP contribution in [0.3, 0.4) is 0 Å². The van der Waals surface area contributed by atoms with Gasteiger partial charge in [-0.05, 0) is 25.3 Å². The number of halogens is 2. The Bertz CT molecular complexity index is 583. The molecule has 0 bridgehead atoms. The molecule has 92 valence electrons. The summed E-state index contributed by atoms with van der Waals surface area (Å²) in [5.74, 6) is 1.23. The maximum atomic E-state index is 6.26. The molecule has 1 fully saturated rings. The molecule has 0 radical (unpaired) electrons. The van der Waals surface area contributed by atoms with Gasteiger partial charge in [0, 0.05) is 5.92 Å². The number of benzene rings is 1. The average molecular weight is 279 g/mol. The summed E-state index contributed by atoms with van der Waals surface area (Å²) in [6.45, 7) is 2.03. The summed E-state index contributed by atoms with van der Waals surface area (Å²) in [5.41, 5.74) is 2.85. The van der Waals surface area contributed by atoms with Crippen molar-refractivity contribution in [3.8, 4) is 11.1 Å². The monoisotopic (exact) mass is 278 g/mol. The van der Waals surface area contributed by atoms with Crippen LogP contribution < -0.4 is 0 Å². The van der Waals surface area contributed by atoms with Gasteiger partial charge in [0.1, 0.15) is 16.1 Å². The van der Waals surface area contributed by atoms with Crippen LogP contribution in [-0.4, -0.2) is 9.97 Å². The van der Waals surface area contributed by atoms with Crippen LogP contribution in [0.2, 0.25) is 10.3 Å². The first-order valence-electron chi connectivity index (χ1n) is 5.95. The zero-order valence-electron chi connectivity index (χ0n) is 9.95. The third-order valence-electron chi connectivity index (χ3n) is 3.09. The van der Waals surface area contributed by atoms with Gasteiger partial charge in [0.2, 0.25) is 0 Å². The summed E-state index contributed by atoms with van der Waals surface area (Å²) in [6.07, 6.45) is 2.27. The molecule has 0 aliphatic heterocycles. The quantitative estimate of drug-likeness (QED) is 0.748. The van der Waals surface area contributed by atoms with E-state index in [4.69, 9.17) is 23.2 Å². The SMILES string of the molecule is Cc1cccc(-c2c(Cl)nc(C3CC3)nc2Cl)c1. The molecule has 0 amide bonds. The van der Waals surface area contributed by atoms with Crippen molar-refractivity contribution in [1.29, 1.82) is 0 Å². The van der Waals surface area contributed by atoms with Gasteiger partial charge in [-0.3, -0.25) is 0 Å². The Morgan fingerprint density at radius 2 is 1.78 bits per heavy atom. The maximum Gasteiger partial charge on any atom is 0.142 e. The Labute approximate surface area is 116 Å². The van der Waals surface area contributed by atoms with E-state index in [0.29, 0.717) is 16.2 Å². The summed E-state index contributed by atoms with van der Waals surface area (Å²) in [4.78, 5) is 8.74. The van der Waals surface area contributed by atoms with Gasteiger partial charge in [-0.25, -0.2) is 9.97 Å². The van der Waals surface area contributed by atoms with Crippen LogP contribution in [0.5, 0.6) is 0 Å². The van der Waals surface area contributed by atoms with Crippen LogP contribution in [0.15, 0.2) is 24.3 Å². The van der Waals surface area contributed by atoms with Gasteiger partial charge in [0.05, 0.1) is 5.56 Å². The molecule has 1 saturated carbocycles. The van der Waals surface area contributed by atoms with Gasteiger partial charge in [-0.2, -0.15) is 0 Å². The third-order valence-corrected chi connectivity index (χ3v) is 3.63. The van der Waals surface area contributed by atoms with Crippen molar-refractivity contribution in [2.75, 3.05) is 0 Å². The standard InChI is InChI=1S/C14H12Cl2N2/c1-8-3-2-4-10(7-8)11-12(15)17-14(9-5-6-9)18-13(11)16/h2-4,7,9H,5-6H2,1H3. The van der Waals surface area contributed by atoms with Crippen LogP contribution in [0.25, 0.3) is 11.1 Å². The Balaban J connectivity index is 2.11. The molecule has 1 aliphatic rings. The fourth-order valence-electron chi connectivity index (χ4n) is 1.99. The largest absolute Gasteiger partial charge is 0.220 e. The van der Waals surface area contributed by atoms with Gasteiger partial charge < -0.3 is 0 Å². The lowest BCUT2D eigenvalue weighted by atomic mass is 10.1. The molecule has 2 nitrogen and oxygen atoms in total. The second-order valence-corrected chi connectivity index (χ2v) is 5.40. The fourth-order valence-corrected chi connectivity index (χ4v) is 2.60. The predicted molar refractivity (Wildman–Crippen MR) is 74.2 cm³/mol. The Morgan fingerprint density at radius 3 is 2.33 bits per heavy atom. The highest BCUT2D eigenvalue weighted by Crippen LogP contribution is 2.41. The van der Waals surface area contributed by atoms with E-state index in [0.717, 1.165) is 35.4 Å². The number of rotatable bonds is 2. The summed E-state index contributed by atoms with van der Waals surface area (Å²) in [6, 6.07) is 8.02. The van der Waals surface area contributed by atoms with Crippen molar-refractivity contribution in [2.45, 2.75) is 25.7 Å². The van der Waals surface area contributed by atoms with Crippen LogP contribution in [0.1, 0.15) is 30.1 Å². The second-order valence-electron chi connectivity index (χ2n) is 4.68. The molecule has 4 heteroatoms. The van der Waals surface area contributed by atoms with Crippen molar-refractivity contribution >= 4 is 23.2 Å². The number of aryl methyl sites for hydroxylation is 1. The molecule has 0 atom stereocenters. The summed E-state index contributed by atoms with van der Waals surface area (Å²) >= 11 is 12.5. The molecular weight excluding hydrogens is 267 g/mol. The molecule has 1 aromatic carbocycles. The molecule has 1 aliphatic carbocycles. The van der Waals surface area contributed by atoms with Gasteiger partial charge in [0.15, 0.2) is 0 Å². The van der Waals surface area contributed by atoms with E-state index in [9.17, 15) is 0 Å². The lowest BCUT2D eigenvalue weighted by molar-refractivity contribution is 0.929. The normalized spacial score (nSPS) is 14.8. The second kappa shape index (κ2) is 4.52. The van der Waals surface area contributed by atoms with Crippen LogP contribution in [-0.2, 0) is 0 Å². The Kier molecular flexibility index (Phi) is 3.00. The molecule has 0 saturated heterocycles. The van der Waals surface area contributed by atoms with Gasteiger partial charge in [-0.1, -0.05) is 53.0 Å².